The highest BCUT2D eigenvalue weighted by molar-refractivity contribution is 5.88. The summed E-state index contributed by atoms with van der Waals surface area (Å²) in [5.41, 5.74) is 0.306. The van der Waals surface area contributed by atoms with Crippen molar-refractivity contribution in [3.63, 3.8) is 0 Å². The van der Waals surface area contributed by atoms with Gasteiger partial charge in [-0.1, -0.05) is 60.7 Å². The second-order valence-electron chi connectivity index (χ2n) is 8.19. The number of hydrogen-bond acceptors (Lipinski definition) is 6. The highest BCUT2D eigenvalue weighted by atomic mass is 16.6. The topological polar surface area (TPSA) is 89.9 Å². The van der Waals surface area contributed by atoms with Crippen molar-refractivity contribution in [1.29, 1.82) is 0 Å². The molecule has 0 heterocycles. The fourth-order valence-corrected chi connectivity index (χ4v) is 4.18. The van der Waals surface area contributed by atoms with Crippen LogP contribution in [0.3, 0.4) is 0 Å². The van der Waals surface area contributed by atoms with Crippen LogP contribution in [-0.4, -0.2) is 28.4 Å². The summed E-state index contributed by atoms with van der Waals surface area (Å²) in [6.07, 6.45) is -2.04. The number of rotatable bonds is 5. The van der Waals surface area contributed by atoms with Crippen LogP contribution in [0.15, 0.2) is 66.7 Å². The summed E-state index contributed by atoms with van der Waals surface area (Å²) in [6, 6.07) is 20.2. The first-order valence-electron chi connectivity index (χ1n) is 10.4. The maximum Gasteiger partial charge on any atom is 0.352 e. The van der Waals surface area contributed by atoms with E-state index in [9.17, 15) is 19.5 Å². The molecule has 0 amide bonds. The Morgan fingerprint density at radius 2 is 1.59 bits per heavy atom. The molecular weight excluding hydrogens is 408 g/mol. The average Bonchev–Trinajstić information content (AvgIpc) is 2.76. The molecule has 32 heavy (non-hydrogen) atoms. The van der Waals surface area contributed by atoms with Crippen LogP contribution in [0, 0.1) is 0 Å². The van der Waals surface area contributed by atoms with E-state index in [1.807, 2.05) is 36.4 Å². The van der Waals surface area contributed by atoms with Crippen LogP contribution in [0.4, 0.5) is 0 Å². The van der Waals surface area contributed by atoms with E-state index in [4.69, 9.17) is 9.47 Å². The SMILES string of the molecule is CC(=O)O[C@H](C(=O)O[C@H]1C[C@](O)(C(C)=O)Cc2cc3ccccc3cc21)c1ccccc1. The predicted molar refractivity (Wildman–Crippen MR) is 118 cm³/mol. The number of Topliss-reactive ketones (excluding diaryl/α,β-unsaturated/α-hetero) is 1. The van der Waals surface area contributed by atoms with Gasteiger partial charge in [-0.05, 0) is 34.9 Å². The summed E-state index contributed by atoms with van der Waals surface area (Å²) < 4.78 is 11.1. The van der Waals surface area contributed by atoms with Gasteiger partial charge < -0.3 is 14.6 Å². The lowest BCUT2D eigenvalue weighted by Gasteiger charge is -2.36. The van der Waals surface area contributed by atoms with Gasteiger partial charge in [-0.25, -0.2) is 4.79 Å². The third-order valence-corrected chi connectivity index (χ3v) is 5.87. The molecule has 3 aromatic carbocycles. The smallest absolute Gasteiger partial charge is 0.352 e. The van der Waals surface area contributed by atoms with Gasteiger partial charge in [-0.15, -0.1) is 0 Å². The van der Waals surface area contributed by atoms with Crippen molar-refractivity contribution in [2.75, 3.05) is 0 Å². The van der Waals surface area contributed by atoms with Gasteiger partial charge in [0.1, 0.15) is 11.7 Å². The molecule has 0 spiro atoms. The number of ketones is 1. The van der Waals surface area contributed by atoms with Crippen LogP contribution in [0.25, 0.3) is 10.8 Å². The van der Waals surface area contributed by atoms with E-state index in [1.54, 1.807) is 30.3 Å². The van der Waals surface area contributed by atoms with Gasteiger partial charge in [0.2, 0.25) is 6.10 Å². The second-order valence-corrected chi connectivity index (χ2v) is 8.19. The van der Waals surface area contributed by atoms with Crippen LogP contribution in [0.5, 0.6) is 0 Å². The summed E-state index contributed by atoms with van der Waals surface area (Å²) >= 11 is 0. The number of fused-ring (bicyclic) bond motifs is 2. The quantitative estimate of drug-likeness (QED) is 0.613. The molecule has 0 radical (unpaired) electrons. The van der Waals surface area contributed by atoms with E-state index in [2.05, 4.69) is 0 Å². The number of aliphatic hydroxyl groups is 1. The van der Waals surface area contributed by atoms with Crippen molar-refractivity contribution in [2.45, 2.75) is 44.5 Å². The fourth-order valence-electron chi connectivity index (χ4n) is 4.18. The molecule has 0 saturated heterocycles. The number of carbonyl (C=O) groups is 3. The Morgan fingerprint density at radius 3 is 2.22 bits per heavy atom. The van der Waals surface area contributed by atoms with Crippen molar-refractivity contribution in [3.8, 4) is 0 Å². The molecule has 0 unspecified atom stereocenters. The lowest BCUT2D eigenvalue weighted by molar-refractivity contribution is -0.175. The van der Waals surface area contributed by atoms with Gasteiger partial charge in [0.05, 0.1) is 0 Å². The molecule has 3 atom stereocenters. The maximum atomic E-state index is 13.1. The van der Waals surface area contributed by atoms with E-state index in [-0.39, 0.29) is 12.8 Å². The lowest BCUT2D eigenvalue weighted by Crippen LogP contribution is -2.45. The lowest BCUT2D eigenvalue weighted by atomic mass is 9.76. The van der Waals surface area contributed by atoms with E-state index >= 15 is 0 Å². The number of ether oxygens (including phenoxy) is 2. The summed E-state index contributed by atoms with van der Waals surface area (Å²) in [5, 5.41) is 12.9. The molecule has 0 aliphatic heterocycles. The second kappa shape index (κ2) is 8.55. The summed E-state index contributed by atoms with van der Waals surface area (Å²) in [4.78, 5) is 37.0. The van der Waals surface area contributed by atoms with Gasteiger partial charge in [0, 0.05) is 25.3 Å². The minimum absolute atomic E-state index is 0.0685. The molecule has 6 nitrogen and oxygen atoms in total. The molecule has 164 valence electrons. The van der Waals surface area contributed by atoms with Crippen LogP contribution in [-0.2, 0) is 30.3 Å². The van der Waals surface area contributed by atoms with Crippen LogP contribution in [0.2, 0.25) is 0 Å². The summed E-state index contributed by atoms with van der Waals surface area (Å²) in [6.45, 7) is 2.55. The monoisotopic (exact) mass is 432 g/mol. The Balaban J connectivity index is 1.73. The molecule has 1 aliphatic rings. The van der Waals surface area contributed by atoms with Gasteiger partial charge >= 0.3 is 11.9 Å². The first-order chi connectivity index (χ1) is 15.3. The largest absolute Gasteiger partial charge is 0.454 e. The van der Waals surface area contributed by atoms with E-state index in [0.29, 0.717) is 5.56 Å². The van der Waals surface area contributed by atoms with Gasteiger partial charge in [0.15, 0.2) is 5.78 Å². The first-order valence-corrected chi connectivity index (χ1v) is 10.4. The highest BCUT2D eigenvalue weighted by Crippen LogP contribution is 2.41. The Labute approximate surface area is 185 Å². The number of carbonyl (C=O) groups excluding carboxylic acids is 3. The van der Waals surface area contributed by atoms with E-state index in [0.717, 1.165) is 21.9 Å². The standard InChI is InChI=1S/C26H24O6/c1-16(27)26(30)14-21-12-19-10-6-7-11-20(19)13-22(21)23(15-26)32-25(29)24(31-17(2)28)18-8-4-3-5-9-18/h3-13,23-24,30H,14-15H2,1-2H3/t23-,24-,26-/m0/s1. The summed E-state index contributed by atoms with van der Waals surface area (Å²) in [5.74, 6) is -1.77. The normalized spacial score (nSPS) is 20.8. The molecule has 0 saturated carbocycles. The molecule has 0 bridgehead atoms. The van der Waals surface area contributed by atoms with Crippen molar-refractivity contribution < 1.29 is 29.0 Å². The minimum atomic E-state index is -1.65. The van der Waals surface area contributed by atoms with Gasteiger partial charge in [-0.2, -0.15) is 0 Å². The third kappa shape index (κ3) is 4.27. The number of esters is 2. The molecule has 6 heteroatoms. The van der Waals surface area contributed by atoms with Gasteiger partial charge in [-0.3, -0.25) is 9.59 Å². The zero-order chi connectivity index (χ0) is 22.9. The van der Waals surface area contributed by atoms with Crippen molar-refractivity contribution >= 4 is 28.5 Å². The summed E-state index contributed by atoms with van der Waals surface area (Å²) in [7, 11) is 0. The molecule has 1 N–H and O–H groups in total. The molecule has 3 aromatic rings. The molecule has 0 fully saturated rings. The van der Waals surface area contributed by atoms with Crippen LogP contribution >= 0.6 is 0 Å². The highest BCUT2D eigenvalue weighted by Gasteiger charge is 2.43. The Bertz CT molecular complexity index is 1190. The number of benzene rings is 3. The molecular formula is C26H24O6. The Hall–Kier alpha value is -3.51. The average molecular weight is 432 g/mol. The van der Waals surface area contributed by atoms with Crippen molar-refractivity contribution in [3.05, 3.63) is 83.4 Å². The van der Waals surface area contributed by atoms with E-state index < -0.39 is 35.5 Å². The zero-order valence-corrected chi connectivity index (χ0v) is 17.9. The van der Waals surface area contributed by atoms with E-state index in [1.165, 1.54) is 13.8 Å². The fraction of sp³-hybridized carbons (Fsp3) is 0.269. The molecule has 4 rings (SSSR count). The van der Waals surface area contributed by atoms with Gasteiger partial charge in [0.25, 0.3) is 0 Å². The Kier molecular flexibility index (Phi) is 5.80. The Morgan fingerprint density at radius 1 is 0.969 bits per heavy atom. The van der Waals surface area contributed by atoms with Crippen LogP contribution < -0.4 is 0 Å². The van der Waals surface area contributed by atoms with Crippen molar-refractivity contribution in [1.82, 2.24) is 0 Å². The molecule has 1 aliphatic carbocycles. The van der Waals surface area contributed by atoms with Crippen molar-refractivity contribution in [2.24, 2.45) is 0 Å². The minimum Gasteiger partial charge on any atom is -0.454 e. The first kappa shape index (κ1) is 21.7. The third-order valence-electron chi connectivity index (χ3n) is 5.87. The number of hydrogen-bond donors (Lipinski definition) is 1. The predicted octanol–water partition coefficient (Wildman–Crippen LogP) is 3.99. The van der Waals surface area contributed by atoms with Crippen LogP contribution in [0.1, 0.15) is 49.2 Å². The zero-order valence-electron chi connectivity index (χ0n) is 17.9. The molecule has 0 aromatic heterocycles. The maximum absolute atomic E-state index is 13.1.